The van der Waals surface area contributed by atoms with Crippen LogP contribution in [0.2, 0.25) is 0 Å². The number of benzene rings is 2. The maximum Gasteiger partial charge on any atom is 0.331 e. The standard InChI is InChI=1S/C19H16BrNO5/c1-25-16-9-8-15(20)11-14(16)7-10-18(23)26-12-17(22)21-19(24)13-5-3-2-4-6-13/h2-11H,12H2,1H3,(H,21,22,24)/b10-7+. The van der Waals surface area contributed by atoms with Crippen LogP contribution in [0.4, 0.5) is 0 Å². The second-order valence-corrected chi connectivity index (χ2v) is 5.99. The number of amides is 2. The Kier molecular flexibility index (Phi) is 7.11. The summed E-state index contributed by atoms with van der Waals surface area (Å²) in [7, 11) is 1.52. The lowest BCUT2D eigenvalue weighted by atomic mass is 10.2. The van der Waals surface area contributed by atoms with Gasteiger partial charge < -0.3 is 9.47 Å². The molecule has 134 valence electrons. The summed E-state index contributed by atoms with van der Waals surface area (Å²) in [5, 5.41) is 2.15. The van der Waals surface area contributed by atoms with Crippen LogP contribution >= 0.6 is 15.9 Å². The molecule has 6 nitrogen and oxygen atoms in total. The molecule has 7 heteroatoms. The molecule has 2 aromatic rings. The monoisotopic (exact) mass is 417 g/mol. The molecule has 0 aromatic heterocycles. The molecule has 2 rings (SSSR count). The first-order chi connectivity index (χ1) is 12.5. The van der Waals surface area contributed by atoms with E-state index >= 15 is 0 Å². The van der Waals surface area contributed by atoms with Crippen molar-refractivity contribution in [2.75, 3.05) is 13.7 Å². The number of esters is 1. The Labute approximate surface area is 158 Å². The Bertz CT molecular complexity index is 833. The minimum atomic E-state index is -0.714. The summed E-state index contributed by atoms with van der Waals surface area (Å²) in [5.74, 6) is -1.39. The average molecular weight is 418 g/mol. The largest absolute Gasteiger partial charge is 0.496 e. The minimum absolute atomic E-state index is 0.342. The fourth-order valence-corrected chi connectivity index (χ4v) is 2.38. The van der Waals surface area contributed by atoms with E-state index in [4.69, 9.17) is 9.47 Å². The highest BCUT2D eigenvalue weighted by molar-refractivity contribution is 9.10. The topological polar surface area (TPSA) is 81.7 Å². The summed E-state index contributed by atoms with van der Waals surface area (Å²) in [6, 6.07) is 13.6. The van der Waals surface area contributed by atoms with Gasteiger partial charge in [0.1, 0.15) is 5.75 Å². The van der Waals surface area contributed by atoms with Gasteiger partial charge in [0.25, 0.3) is 11.8 Å². The van der Waals surface area contributed by atoms with E-state index in [1.54, 1.807) is 42.5 Å². The van der Waals surface area contributed by atoms with E-state index in [-0.39, 0.29) is 0 Å². The van der Waals surface area contributed by atoms with Crippen molar-refractivity contribution in [2.24, 2.45) is 0 Å². The number of nitrogens with one attached hydrogen (secondary N) is 1. The molecule has 0 spiro atoms. The molecule has 0 atom stereocenters. The molecular weight excluding hydrogens is 402 g/mol. The molecule has 2 amide bonds. The zero-order chi connectivity index (χ0) is 18.9. The molecule has 0 unspecified atom stereocenters. The molecule has 0 radical (unpaired) electrons. The molecule has 0 aliphatic rings. The van der Waals surface area contributed by atoms with Crippen LogP contribution in [0.25, 0.3) is 6.08 Å². The lowest BCUT2D eigenvalue weighted by molar-refractivity contribution is -0.143. The summed E-state index contributed by atoms with van der Waals surface area (Å²) < 4.78 is 10.8. The summed E-state index contributed by atoms with van der Waals surface area (Å²) in [6.45, 7) is -0.558. The number of imide groups is 1. The number of methoxy groups -OCH3 is 1. The lowest BCUT2D eigenvalue weighted by Gasteiger charge is -2.05. The van der Waals surface area contributed by atoms with Crippen molar-refractivity contribution >= 4 is 39.8 Å². The van der Waals surface area contributed by atoms with Gasteiger partial charge in [0.05, 0.1) is 7.11 Å². The van der Waals surface area contributed by atoms with Crippen molar-refractivity contribution < 1.29 is 23.9 Å². The van der Waals surface area contributed by atoms with E-state index < -0.39 is 24.4 Å². The van der Waals surface area contributed by atoms with Gasteiger partial charge in [-0.25, -0.2) is 4.79 Å². The Balaban J connectivity index is 1.86. The average Bonchev–Trinajstić information content (AvgIpc) is 2.65. The van der Waals surface area contributed by atoms with Crippen molar-refractivity contribution in [3.63, 3.8) is 0 Å². The van der Waals surface area contributed by atoms with Crippen LogP contribution in [0.15, 0.2) is 59.1 Å². The van der Waals surface area contributed by atoms with Crippen molar-refractivity contribution in [3.05, 3.63) is 70.2 Å². The van der Waals surface area contributed by atoms with Gasteiger partial charge in [-0.1, -0.05) is 34.1 Å². The van der Waals surface area contributed by atoms with Gasteiger partial charge >= 0.3 is 5.97 Å². The number of rotatable bonds is 6. The van der Waals surface area contributed by atoms with Crippen LogP contribution in [0.5, 0.6) is 5.75 Å². The third-order valence-electron chi connectivity index (χ3n) is 3.23. The van der Waals surface area contributed by atoms with E-state index in [2.05, 4.69) is 21.2 Å². The van der Waals surface area contributed by atoms with Crippen LogP contribution in [0.1, 0.15) is 15.9 Å². The molecule has 2 aromatic carbocycles. The van der Waals surface area contributed by atoms with E-state index in [0.717, 1.165) is 4.47 Å². The van der Waals surface area contributed by atoms with Crippen LogP contribution in [-0.4, -0.2) is 31.5 Å². The SMILES string of the molecule is COc1ccc(Br)cc1/C=C/C(=O)OCC(=O)NC(=O)c1ccccc1. The summed E-state index contributed by atoms with van der Waals surface area (Å²) >= 11 is 3.33. The van der Waals surface area contributed by atoms with Gasteiger partial charge in [-0.2, -0.15) is 0 Å². The predicted molar refractivity (Wildman–Crippen MR) is 99.6 cm³/mol. The molecule has 0 heterocycles. The molecule has 0 aliphatic carbocycles. The zero-order valence-corrected chi connectivity index (χ0v) is 15.5. The quantitative estimate of drug-likeness (QED) is 0.576. The van der Waals surface area contributed by atoms with Crippen LogP contribution in [-0.2, 0) is 14.3 Å². The second kappa shape index (κ2) is 9.53. The highest BCUT2D eigenvalue weighted by Gasteiger charge is 2.11. The van der Waals surface area contributed by atoms with E-state index in [1.165, 1.54) is 19.3 Å². The molecule has 0 fully saturated rings. The third-order valence-corrected chi connectivity index (χ3v) is 3.72. The number of hydrogen-bond acceptors (Lipinski definition) is 5. The molecule has 0 aliphatic heterocycles. The maximum absolute atomic E-state index is 11.8. The van der Waals surface area contributed by atoms with Crippen LogP contribution in [0, 0.1) is 0 Å². The Morgan fingerprint density at radius 2 is 1.85 bits per heavy atom. The summed E-state index contributed by atoms with van der Waals surface area (Å²) in [4.78, 5) is 35.2. The molecule has 0 bridgehead atoms. The van der Waals surface area contributed by atoms with Crippen molar-refractivity contribution in [1.82, 2.24) is 5.32 Å². The number of carbonyl (C=O) groups is 3. The van der Waals surface area contributed by atoms with Crippen molar-refractivity contribution in [2.45, 2.75) is 0 Å². The highest BCUT2D eigenvalue weighted by atomic mass is 79.9. The van der Waals surface area contributed by atoms with Crippen LogP contribution < -0.4 is 10.1 Å². The second-order valence-electron chi connectivity index (χ2n) is 5.07. The molecule has 26 heavy (non-hydrogen) atoms. The van der Waals surface area contributed by atoms with E-state index in [0.29, 0.717) is 16.9 Å². The maximum atomic E-state index is 11.8. The molecule has 0 saturated heterocycles. The Morgan fingerprint density at radius 3 is 2.54 bits per heavy atom. The Hall–Kier alpha value is -2.93. The smallest absolute Gasteiger partial charge is 0.331 e. The highest BCUT2D eigenvalue weighted by Crippen LogP contribution is 2.24. The number of halogens is 1. The molecule has 1 N–H and O–H groups in total. The van der Waals surface area contributed by atoms with Gasteiger partial charge in [-0.3, -0.25) is 14.9 Å². The van der Waals surface area contributed by atoms with E-state index in [1.807, 2.05) is 6.07 Å². The van der Waals surface area contributed by atoms with Gasteiger partial charge in [-0.05, 0) is 36.4 Å². The fourth-order valence-electron chi connectivity index (χ4n) is 2.00. The number of ether oxygens (including phenoxy) is 2. The number of hydrogen-bond donors (Lipinski definition) is 1. The van der Waals surface area contributed by atoms with Crippen molar-refractivity contribution in [3.8, 4) is 5.75 Å². The summed E-state index contributed by atoms with van der Waals surface area (Å²) in [6.07, 6.45) is 2.69. The molecule has 0 saturated carbocycles. The minimum Gasteiger partial charge on any atom is -0.496 e. The van der Waals surface area contributed by atoms with Gasteiger partial charge in [0.2, 0.25) is 0 Å². The Morgan fingerprint density at radius 1 is 1.12 bits per heavy atom. The molecular formula is C19H16BrNO5. The third kappa shape index (κ3) is 5.86. The first-order valence-corrected chi connectivity index (χ1v) is 8.36. The first-order valence-electron chi connectivity index (χ1n) is 7.57. The van der Waals surface area contributed by atoms with Gasteiger partial charge in [0.15, 0.2) is 6.61 Å². The summed E-state index contributed by atoms with van der Waals surface area (Å²) in [5.41, 5.74) is 1.01. The van der Waals surface area contributed by atoms with Gasteiger partial charge in [0, 0.05) is 21.7 Å². The van der Waals surface area contributed by atoms with Crippen molar-refractivity contribution in [1.29, 1.82) is 0 Å². The normalized spacial score (nSPS) is 10.4. The van der Waals surface area contributed by atoms with Crippen LogP contribution in [0.3, 0.4) is 0 Å². The first kappa shape index (κ1) is 19.4. The van der Waals surface area contributed by atoms with Gasteiger partial charge in [-0.15, -0.1) is 0 Å². The zero-order valence-electron chi connectivity index (χ0n) is 13.9. The predicted octanol–water partition coefficient (Wildman–Crippen LogP) is 2.97. The van der Waals surface area contributed by atoms with E-state index in [9.17, 15) is 14.4 Å². The fraction of sp³-hybridized carbons (Fsp3) is 0.105. The lowest BCUT2D eigenvalue weighted by Crippen LogP contribution is -2.33. The number of carbonyl (C=O) groups excluding carboxylic acids is 3.